The van der Waals surface area contributed by atoms with Crippen molar-refractivity contribution in [2.45, 2.75) is 19.6 Å². The van der Waals surface area contributed by atoms with Crippen molar-refractivity contribution in [1.29, 1.82) is 0 Å². The van der Waals surface area contributed by atoms with Crippen molar-refractivity contribution in [2.24, 2.45) is 0 Å². The van der Waals surface area contributed by atoms with E-state index >= 15 is 0 Å². The van der Waals surface area contributed by atoms with Crippen LogP contribution in [0.2, 0.25) is 0 Å². The molecule has 0 spiro atoms. The van der Waals surface area contributed by atoms with Crippen LogP contribution in [0.3, 0.4) is 0 Å². The van der Waals surface area contributed by atoms with Gasteiger partial charge in [0.15, 0.2) is 0 Å². The number of hydrogen-bond donors (Lipinski definition) is 0. The normalized spacial score (nSPS) is 17.2. The van der Waals surface area contributed by atoms with E-state index in [1.165, 1.54) is 0 Å². The molecule has 3 nitrogen and oxygen atoms in total. The summed E-state index contributed by atoms with van der Waals surface area (Å²) >= 11 is 0. The van der Waals surface area contributed by atoms with Crippen LogP contribution in [0.4, 0.5) is 0 Å². The summed E-state index contributed by atoms with van der Waals surface area (Å²) in [5.74, 6) is 0.166. The van der Waals surface area contributed by atoms with Crippen LogP contribution in [0, 0.1) is 0 Å². The Morgan fingerprint density at radius 3 is 2.53 bits per heavy atom. The Hall–Kier alpha value is -1.06. The number of rotatable bonds is 4. The van der Waals surface area contributed by atoms with Crippen LogP contribution in [-0.4, -0.2) is 19.8 Å². The number of hydrogen-bond acceptors (Lipinski definition) is 3. The molecule has 1 heterocycles. The summed E-state index contributed by atoms with van der Waals surface area (Å²) < 4.78 is 17.0. The van der Waals surface area contributed by atoms with E-state index in [4.69, 9.17) is 14.2 Å². The molecule has 0 aromatic heterocycles. The van der Waals surface area contributed by atoms with Gasteiger partial charge in [-0.15, -0.1) is 0 Å². The van der Waals surface area contributed by atoms with Gasteiger partial charge in [-0.2, -0.15) is 0 Å². The maximum absolute atomic E-state index is 5.71. The van der Waals surface area contributed by atoms with Crippen molar-refractivity contribution in [1.82, 2.24) is 0 Å². The highest BCUT2D eigenvalue weighted by Crippen LogP contribution is 2.40. The fourth-order valence-corrected chi connectivity index (χ4v) is 1.90. The molecule has 3 heteroatoms. The van der Waals surface area contributed by atoms with Crippen LogP contribution in [0.15, 0.2) is 24.3 Å². The minimum atomic E-state index is -0.694. The molecule has 1 aliphatic rings. The number of fused-ring (bicyclic) bond motifs is 1. The van der Waals surface area contributed by atoms with Crippen LogP contribution in [0.25, 0.3) is 0 Å². The maximum Gasteiger partial charge on any atom is 0.233 e. The first-order chi connectivity index (χ1) is 7.32. The number of ether oxygens (including phenoxy) is 3. The highest BCUT2D eigenvalue weighted by molar-refractivity contribution is 5.40. The van der Waals surface area contributed by atoms with Crippen LogP contribution in [0.5, 0.6) is 5.75 Å². The van der Waals surface area contributed by atoms with Crippen molar-refractivity contribution < 1.29 is 14.2 Å². The fraction of sp³-hybridized carbons (Fsp3) is 0.500. The lowest BCUT2D eigenvalue weighted by molar-refractivity contribution is -0.244. The third kappa shape index (κ3) is 1.73. The molecule has 2 rings (SSSR count). The summed E-state index contributed by atoms with van der Waals surface area (Å²) in [6, 6.07) is 7.86. The zero-order chi connectivity index (χ0) is 10.7. The van der Waals surface area contributed by atoms with Crippen molar-refractivity contribution in [3.05, 3.63) is 29.8 Å². The molecule has 0 bridgehead atoms. The first kappa shape index (κ1) is 10.5. The zero-order valence-electron chi connectivity index (χ0n) is 9.16. The van der Waals surface area contributed by atoms with E-state index in [1.807, 2.05) is 38.1 Å². The smallest absolute Gasteiger partial charge is 0.233 e. The molecule has 0 amide bonds. The summed E-state index contributed by atoms with van der Waals surface area (Å²) in [5, 5.41) is 0. The SMILES string of the molecule is CCOC1(OCC)COc2ccccc21. The van der Waals surface area contributed by atoms with E-state index in [-0.39, 0.29) is 0 Å². The van der Waals surface area contributed by atoms with Gasteiger partial charge in [0, 0.05) is 13.2 Å². The molecule has 1 aromatic rings. The molecule has 0 radical (unpaired) electrons. The largest absolute Gasteiger partial charge is 0.487 e. The van der Waals surface area contributed by atoms with E-state index in [1.54, 1.807) is 0 Å². The molecule has 0 N–H and O–H groups in total. The van der Waals surface area contributed by atoms with Crippen LogP contribution < -0.4 is 4.74 Å². The summed E-state index contributed by atoms with van der Waals surface area (Å²) in [4.78, 5) is 0. The van der Waals surface area contributed by atoms with Gasteiger partial charge in [0.1, 0.15) is 12.4 Å². The lowest BCUT2D eigenvalue weighted by Crippen LogP contribution is -2.35. The lowest BCUT2D eigenvalue weighted by Gasteiger charge is -2.27. The second-order valence-corrected chi connectivity index (χ2v) is 3.40. The van der Waals surface area contributed by atoms with E-state index in [0.717, 1.165) is 11.3 Å². The van der Waals surface area contributed by atoms with E-state index in [9.17, 15) is 0 Å². The second kappa shape index (κ2) is 4.21. The van der Waals surface area contributed by atoms with Crippen molar-refractivity contribution in [2.75, 3.05) is 19.8 Å². The summed E-state index contributed by atoms with van der Waals surface area (Å²) in [6.07, 6.45) is 0. The monoisotopic (exact) mass is 208 g/mol. The molecular weight excluding hydrogens is 192 g/mol. The molecule has 0 atom stereocenters. The van der Waals surface area contributed by atoms with Gasteiger partial charge in [0.2, 0.25) is 5.79 Å². The van der Waals surface area contributed by atoms with Crippen LogP contribution >= 0.6 is 0 Å². The summed E-state index contributed by atoms with van der Waals surface area (Å²) in [5.41, 5.74) is 0.994. The predicted molar refractivity (Wildman–Crippen MR) is 56.9 cm³/mol. The lowest BCUT2D eigenvalue weighted by atomic mass is 10.1. The van der Waals surface area contributed by atoms with Gasteiger partial charge in [-0.05, 0) is 26.0 Å². The third-order valence-electron chi connectivity index (χ3n) is 2.47. The Morgan fingerprint density at radius 2 is 1.87 bits per heavy atom. The third-order valence-corrected chi connectivity index (χ3v) is 2.47. The number of para-hydroxylation sites is 1. The first-order valence-corrected chi connectivity index (χ1v) is 5.32. The summed E-state index contributed by atoms with van der Waals surface area (Å²) in [7, 11) is 0. The quantitative estimate of drug-likeness (QED) is 0.711. The van der Waals surface area contributed by atoms with Crippen LogP contribution in [-0.2, 0) is 15.3 Å². The highest BCUT2D eigenvalue weighted by Gasteiger charge is 2.42. The van der Waals surface area contributed by atoms with Gasteiger partial charge in [0.25, 0.3) is 0 Å². The Balaban J connectivity index is 2.35. The Bertz CT molecular complexity index is 324. The van der Waals surface area contributed by atoms with Gasteiger partial charge < -0.3 is 14.2 Å². The standard InChI is InChI=1S/C12H16O3/c1-3-14-12(15-4-2)9-13-11-8-6-5-7-10(11)12/h5-8H,3-4,9H2,1-2H3. The van der Waals surface area contributed by atoms with Crippen molar-refractivity contribution in [3.8, 4) is 5.75 Å². The molecule has 0 fully saturated rings. The average Bonchev–Trinajstić information content (AvgIpc) is 2.60. The summed E-state index contributed by atoms with van der Waals surface area (Å²) in [6.45, 7) is 5.58. The molecule has 1 aromatic carbocycles. The topological polar surface area (TPSA) is 27.7 Å². The van der Waals surface area contributed by atoms with Gasteiger partial charge >= 0.3 is 0 Å². The number of benzene rings is 1. The molecule has 15 heavy (non-hydrogen) atoms. The molecule has 0 saturated carbocycles. The van der Waals surface area contributed by atoms with Gasteiger partial charge in [-0.3, -0.25) is 0 Å². The molecular formula is C12H16O3. The van der Waals surface area contributed by atoms with E-state index in [2.05, 4.69) is 0 Å². The first-order valence-electron chi connectivity index (χ1n) is 5.32. The van der Waals surface area contributed by atoms with Crippen LogP contribution in [0.1, 0.15) is 19.4 Å². The van der Waals surface area contributed by atoms with E-state index in [0.29, 0.717) is 19.8 Å². The maximum atomic E-state index is 5.71. The van der Waals surface area contributed by atoms with E-state index < -0.39 is 5.79 Å². The second-order valence-electron chi connectivity index (χ2n) is 3.40. The molecule has 1 aliphatic heterocycles. The van der Waals surface area contributed by atoms with Crippen molar-refractivity contribution >= 4 is 0 Å². The Labute approximate surface area is 90.0 Å². The van der Waals surface area contributed by atoms with Gasteiger partial charge in [-0.25, -0.2) is 0 Å². The van der Waals surface area contributed by atoms with Crippen molar-refractivity contribution in [3.63, 3.8) is 0 Å². The average molecular weight is 208 g/mol. The molecule has 0 aliphatic carbocycles. The Morgan fingerprint density at radius 1 is 1.20 bits per heavy atom. The predicted octanol–water partition coefficient (Wildman–Crippen LogP) is 2.30. The fourth-order valence-electron chi connectivity index (χ4n) is 1.90. The highest BCUT2D eigenvalue weighted by atomic mass is 16.7. The molecule has 0 saturated heterocycles. The minimum Gasteiger partial charge on any atom is -0.487 e. The zero-order valence-corrected chi connectivity index (χ0v) is 9.16. The Kier molecular flexibility index (Phi) is 2.93. The minimum absolute atomic E-state index is 0.439. The molecule has 0 unspecified atom stereocenters. The molecule has 82 valence electrons. The van der Waals surface area contributed by atoms with Gasteiger partial charge in [-0.1, -0.05) is 12.1 Å². The van der Waals surface area contributed by atoms with Gasteiger partial charge in [0.05, 0.1) is 5.56 Å².